The van der Waals surface area contributed by atoms with Crippen LogP contribution in [0.4, 0.5) is 0 Å². The highest BCUT2D eigenvalue weighted by atomic mass is 16.7. The maximum Gasteiger partial charge on any atom is 0.335 e. The molecule has 0 spiro atoms. The highest BCUT2D eigenvalue weighted by Gasteiger charge is 2.47. The number of allylic oxidation sites excluding steroid dienone is 10. The van der Waals surface area contributed by atoms with E-state index in [1.54, 1.807) is 0 Å². The third kappa shape index (κ3) is 28.1. The van der Waals surface area contributed by atoms with Crippen LogP contribution >= 0.6 is 0 Å². The van der Waals surface area contributed by atoms with Gasteiger partial charge in [-0.05, 0) is 64.2 Å². The Morgan fingerprint density at radius 1 is 0.561 bits per heavy atom. The summed E-state index contributed by atoms with van der Waals surface area (Å²) in [5, 5.41) is 39.8. The summed E-state index contributed by atoms with van der Waals surface area (Å²) in [7, 11) is 0. The Kier molecular flexibility index (Phi) is 32.8. The fourth-order valence-electron chi connectivity index (χ4n) is 6.18. The Balaban J connectivity index is 2.42. The predicted octanol–water partition coefficient (Wildman–Crippen LogP) is 9.14. The molecule has 11 heteroatoms. The lowest BCUT2D eigenvalue weighted by Crippen LogP contribution is -2.60. The fraction of sp³-hybridized carbons (Fsp3) is 0.717. The normalized spacial score (nSPS) is 20.8. The summed E-state index contributed by atoms with van der Waals surface area (Å²) in [5.74, 6) is -2.56. The SMILES string of the molecule is CC/C=C\C/C=C\C/C=C\C/C=C\CCC(=O)OCC(COC1OC(C(=O)O)C(O)C(O)C1O)OC(=O)CCCCCCCCC/C=C\CCCCCCCCC. The van der Waals surface area contributed by atoms with E-state index >= 15 is 0 Å². The van der Waals surface area contributed by atoms with E-state index in [-0.39, 0.29) is 19.4 Å². The fourth-order valence-corrected chi connectivity index (χ4v) is 6.18. The number of aliphatic hydroxyl groups excluding tert-OH is 3. The van der Waals surface area contributed by atoms with Gasteiger partial charge in [0, 0.05) is 12.8 Å². The Labute approximate surface area is 343 Å². The Bertz CT molecular complexity index is 1180. The van der Waals surface area contributed by atoms with E-state index in [2.05, 4.69) is 62.5 Å². The number of esters is 2. The molecule has 1 aliphatic rings. The number of carbonyl (C=O) groups excluding carboxylic acids is 2. The third-order valence-electron chi connectivity index (χ3n) is 9.61. The average Bonchev–Trinajstić information content (AvgIpc) is 3.19. The van der Waals surface area contributed by atoms with Gasteiger partial charge in [0.1, 0.15) is 24.9 Å². The lowest BCUT2D eigenvalue weighted by molar-refractivity contribution is -0.298. The van der Waals surface area contributed by atoms with Gasteiger partial charge in [-0.2, -0.15) is 0 Å². The number of carbonyl (C=O) groups is 3. The number of hydrogen-bond acceptors (Lipinski definition) is 10. The van der Waals surface area contributed by atoms with Gasteiger partial charge < -0.3 is 39.4 Å². The molecule has 0 radical (unpaired) electrons. The monoisotopic (exact) mass is 805 g/mol. The molecule has 1 fully saturated rings. The van der Waals surface area contributed by atoms with Gasteiger partial charge in [-0.25, -0.2) is 4.79 Å². The van der Waals surface area contributed by atoms with Gasteiger partial charge in [-0.15, -0.1) is 0 Å². The van der Waals surface area contributed by atoms with E-state index in [4.69, 9.17) is 18.9 Å². The van der Waals surface area contributed by atoms with E-state index in [9.17, 15) is 34.8 Å². The van der Waals surface area contributed by atoms with Crippen LogP contribution in [0, 0.1) is 0 Å². The maximum absolute atomic E-state index is 12.8. The average molecular weight is 805 g/mol. The van der Waals surface area contributed by atoms with E-state index in [1.165, 1.54) is 64.2 Å². The standard InChI is InChI=1S/C46H76O11/c1-3-5-7-9-11-13-15-17-18-19-20-21-23-25-27-29-31-33-35-40(48)56-38(37-55-46-43(51)41(49)42(50)44(57-46)45(52)53)36-54-39(47)34-32-30-28-26-24-22-16-14-12-10-8-6-4-2/h6,8,12,14,18-19,22,24,28,30,38,41-44,46,49-51H,3-5,7,9-11,13,15-17,20-21,23,25-27,29,31-37H2,1-2H3,(H,52,53)/b8-6-,14-12-,19-18-,24-22-,30-28-. The molecule has 0 aromatic heterocycles. The van der Waals surface area contributed by atoms with Crippen molar-refractivity contribution in [3.8, 4) is 0 Å². The zero-order chi connectivity index (χ0) is 41.8. The number of hydrogen-bond donors (Lipinski definition) is 4. The van der Waals surface area contributed by atoms with E-state index in [0.717, 1.165) is 57.8 Å². The topological polar surface area (TPSA) is 169 Å². The summed E-state index contributed by atoms with van der Waals surface area (Å²) in [6.45, 7) is 3.61. The summed E-state index contributed by atoms with van der Waals surface area (Å²) >= 11 is 0. The van der Waals surface area contributed by atoms with Crippen molar-refractivity contribution < 1.29 is 53.8 Å². The van der Waals surface area contributed by atoms with E-state index in [1.807, 2.05) is 12.2 Å². The Morgan fingerprint density at radius 3 is 1.63 bits per heavy atom. The van der Waals surface area contributed by atoms with Crippen LogP contribution in [0.15, 0.2) is 60.8 Å². The zero-order valence-electron chi connectivity index (χ0n) is 35.1. The second kappa shape index (κ2) is 36.0. The van der Waals surface area contributed by atoms with Gasteiger partial charge in [0.05, 0.1) is 6.61 Å². The molecule has 4 N–H and O–H groups in total. The highest BCUT2D eigenvalue weighted by molar-refractivity contribution is 5.73. The van der Waals surface area contributed by atoms with Gasteiger partial charge in [0.15, 0.2) is 18.5 Å². The van der Waals surface area contributed by atoms with Gasteiger partial charge >= 0.3 is 17.9 Å². The smallest absolute Gasteiger partial charge is 0.335 e. The Morgan fingerprint density at radius 2 is 1.07 bits per heavy atom. The van der Waals surface area contributed by atoms with Crippen molar-refractivity contribution in [1.82, 2.24) is 0 Å². The van der Waals surface area contributed by atoms with Gasteiger partial charge in [0.2, 0.25) is 0 Å². The van der Waals surface area contributed by atoms with Crippen molar-refractivity contribution in [2.24, 2.45) is 0 Å². The molecule has 0 aromatic carbocycles. The number of unbranched alkanes of at least 4 members (excludes halogenated alkanes) is 14. The molecule has 0 aliphatic carbocycles. The van der Waals surface area contributed by atoms with Crippen molar-refractivity contribution in [1.29, 1.82) is 0 Å². The van der Waals surface area contributed by atoms with Crippen molar-refractivity contribution in [3.05, 3.63) is 60.8 Å². The van der Waals surface area contributed by atoms with Crippen molar-refractivity contribution in [3.63, 3.8) is 0 Å². The summed E-state index contributed by atoms with van der Waals surface area (Å²) in [5.41, 5.74) is 0. The molecule has 0 bridgehead atoms. The molecular weight excluding hydrogens is 728 g/mol. The second-order valence-corrected chi connectivity index (χ2v) is 14.8. The second-order valence-electron chi connectivity index (χ2n) is 14.8. The molecule has 0 saturated carbocycles. The lowest BCUT2D eigenvalue weighted by atomic mass is 9.99. The number of ether oxygens (including phenoxy) is 4. The van der Waals surface area contributed by atoms with Crippen LogP contribution in [0.25, 0.3) is 0 Å². The van der Waals surface area contributed by atoms with Crippen LogP contribution in [-0.2, 0) is 33.3 Å². The molecule has 1 saturated heterocycles. The van der Waals surface area contributed by atoms with Crippen LogP contribution in [0.1, 0.15) is 162 Å². The number of carboxylic acids is 1. The molecule has 326 valence electrons. The van der Waals surface area contributed by atoms with Crippen molar-refractivity contribution in [2.75, 3.05) is 13.2 Å². The van der Waals surface area contributed by atoms with E-state index in [0.29, 0.717) is 12.8 Å². The van der Waals surface area contributed by atoms with Crippen molar-refractivity contribution in [2.45, 2.75) is 198 Å². The summed E-state index contributed by atoms with van der Waals surface area (Å²) in [6.07, 6.45) is 34.4. The first-order chi connectivity index (χ1) is 27.7. The summed E-state index contributed by atoms with van der Waals surface area (Å²) < 4.78 is 21.6. The number of rotatable bonds is 35. The molecular formula is C46H76O11. The summed E-state index contributed by atoms with van der Waals surface area (Å²) in [4.78, 5) is 36.7. The van der Waals surface area contributed by atoms with Gasteiger partial charge in [-0.3, -0.25) is 9.59 Å². The van der Waals surface area contributed by atoms with Crippen LogP contribution < -0.4 is 0 Å². The minimum absolute atomic E-state index is 0.112. The molecule has 6 atom stereocenters. The van der Waals surface area contributed by atoms with Crippen LogP contribution in [0.5, 0.6) is 0 Å². The largest absolute Gasteiger partial charge is 0.479 e. The number of aliphatic hydroxyl groups is 3. The molecule has 1 heterocycles. The minimum atomic E-state index is -1.87. The van der Waals surface area contributed by atoms with Crippen LogP contribution in [0.2, 0.25) is 0 Å². The molecule has 57 heavy (non-hydrogen) atoms. The molecule has 0 aromatic rings. The molecule has 11 nitrogen and oxygen atoms in total. The number of carboxylic acid groups (broad SMARTS) is 1. The van der Waals surface area contributed by atoms with Gasteiger partial charge in [0.25, 0.3) is 0 Å². The molecule has 1 aliphatic heterocycles. The Hall–Kier alpha value is -3.09. The third-order valence-corrected chi connectivity index (χ3v) is 9.61. The lowest BCUT2D eigenvalue weighted by Gasteiger charge is -2.38. The van der Waals surface area contributed by atoms with E-state index < -0.39 is 61.3 Å². The first-order valence-corrected chi connectivity index (χ1v) is 21.8. The maximum atomic E-state index is 12.8. The first kappa shape index (κ1) is 51.9. The van der Waals surface area contributed by atoms with Crippen LogP contribution in [0.3, 0.4) is 0 Å². The minimum Gasteiger partial charge on any atom is -0.479 e. The van der Waals surface area contributed by atoms with Crippen molar-refractivity contribution >= 4 is 17.9 Å². The quantitative estimate of drug-likeness (QED) is 0.0274. The predicted molar refractivity (Wildman–Crippen MR) is 224 cm³/mol. The molecule has 1 rings (SSSR count). The van der Waals surface area contributed by atoms with Gasteiger partial charge in [-0.1, -0.05) is 145 Å². The highest BCUT2D eigenvalue weighted by Crippen LogP contribution is 2.23. The zero-order valence-corrected chi connectivity index (χ0v) is 35.1. The molecule has 0 amide bonds. The number of aliphatic carboxylic acids is 1. The first-order valence-electron chi connectivity index (χ1n) is 21.8. The van der Waals surface area contributed by atoms with Crippen LogP contribution in [-0.4, -0.2) is 88.4 Å². The molecule has 6 unspecified atom stereocenters. The summed E-state index contributed by atoms with van der Waals surface area (Å²) in [6, 6.07) is 0.